The molecular formula is C17H22N2O4. The van der Waals surface area contributed by atoms with Gasteiger partial charge in [-0.15, -0.1) is 0 Å². The van der Waals surface area contributed by atoms with Gasteiger partial charge in [0, 0.05) is 26.1 Å². The van der Waals surface area contributed by atoms with Crippen LogP contribution in [0.2, 0.25) is 0 Å². The van der Waals surface area contributed by atoms with E-state index in [-0.39, 0.29) is 23.9 Å². The number of carbonyl (C=O) groups is 1. The van der Waals surface area contributed by atoms with E-state index < -0.39 is 0 Å². The van der Waals surface area contributed by atoms with Gasteiger partial charge >= 0.3 is 5.76 Å². The van der Waals surface area contributed by atoms with E-state index in [0.717, 1.165) is 5.52 Å². The van der Waals surface area contributed by atoms with Crippen molar-refractivity contribution in [2.45, 2.75) is 45.4 Å². The lowest BCUT2D eigenvalue weighted by Gasteiger charge is -2.35. The summed E-state index contributed by atoms with van der Waals surface area (Å²) in [5.74, 6) is -0.250. The Balaban J connectivity index is 1.59. The van der Waals surface area contributed by atoms with Gasteiger partial charge in [0.1, 0.15) is 0 Å². The highest BCUT2D eigenvalue weighted by Gasteiger charge is 2.25. The molecule has 2 atom stereocenters. The summed E-state index contributed by atoms with van der Waals surface area (Å²) in [6.07, 6.45) is 1.18. The molecule has 2 aromatic rings. The molecule has 0 radical (unpaired) electrons. The summed E-state index contributed by atoms with van der Waals surface area (Å²) in [6, 6.07) is 7.33. The third-order valence-corrected chi connectivity index (χ3v) is 4.12. The molecule has 0 saturated carbocycles. The number of aromatic nitrogens is 1. The molecule has 3 rings (SSSR count). The Hall–Kier alpha value is -2.08. The van der Waals surface area contributed by atoms with Gasteiger partial charge < -0.3 is 14.1 Å². The Morgan fingerprint density at radius 1 is 1.22 bits per heavy atom. The maximum atomic E-state index is 12.3. The summed E-state index contributed by atoms with van der Waals surface area (Å²) >= 11 is 0. The molecule has 1 aliphatic rings. The Kier molecular flexibility index (Phi) is 4.52. The molecule has 6 heteroatoms. The fourth-order valence-corrected chi connectivity index (χ4v) is 3.15. The number of benzene rings is 1. The second-order valence-corrected chi connectivity index (χ2v) is 6.15. The Bertz CT molecular complexity index is 738. The second kappa shape index (κ2) is 6.58. The molecule has 0 aliphatic carbocycles. The first-order valence-corrected chi connectivity index (χ1v) is 8.06. The Morgan fingerprint density at radius 3 is 2.65 bits per heavy atom. The fraction of sp³-hybridized carbons (Fsp3) is 0.529. The van der Waals surface area contributed by atoms with Crippen LogP contribution < -0.4 is 5.76 Å². The number of fused-ring (bicyclic) bond motifs is 1. The molecule has 1 saturated heterocycles. The van der Waals surface area contributed by atoms with Gasteiger partial charge in [-0.2, -0.15) is 0 Å². The smallest absolute Gasteiger partial charge is 0.408 e. The highest BCUT2D eigenvalue weighted by molar-refractivity contribution is 5.76. The minimum absolute atomic E-state index is 0.0723. The van der Waals surface area contributed by atoms with Crippen LogP contribution in [-0.4, -0.2) is 40.7 Å². The number of oxazole rings is 1. The van der Waals surface area contributed by atoms with Crippen LogP contribution in [0.25, 0.3) is 11.1 Å². The van der Waals surface area contributed by atoms with Crippen LogP contribution >= 0.6 is 0 Å². The molecule has 1 aliphatic heterocycles. The van der Waals surface area contributed by atoms with Gasteiger partial charge in [-0.1, -0.05) is 12.1 Å². The number of hydrogen-bond acceptors (Lipinski definition) is 4. The van der Waals surface area contributed by atoms with Crippen molar-refractivity contribution < 1.29 is 13.9 Å². The van der Waals surface area contributed by atoms with Crippen LogP contribution in [0.3, 0.4) is 0 Å². The average Bonchev–Trinajstić information content (AvgIpc) is 2.82. The summed E-state index contributed by atoms with van der Waals surface area (Å²) in [4.78, 5) is 26.1. The number of carbonyl (C=O) groups excluding carboxylic acids is 1. The minimum Gasteiger partial charge on any atom is -0.408 e. The first-order chi connectivity index (χ1) is 11.0. The van der Waals surface area contributed by atoms with E-state index in [2.05, 4.69) is 0 Å². The van der Waals surface area contributed by atoms with Crippen molar-refractivity contribution in [1.82, 2.24) is 9.47 Å². The van der Waals surface area contributed by atoms with Crippen molar-refractivity contribution in [3.63, 3.8) is 0 Å². The highest BCUT2D eigenvalue weighted by atomic mass is 16.5. The zero-order chi connectivity index (χ0) is 16.4. The van der Waals surface area contributed by atoms with Crippen molar-refractivity contribution in [3.8, 4) is 0 Å². The molecule has 6 nitrogen and oxygen atoms in total. The van der Waals surface area contributed by atoms with Gasteiger partial charge in [-0.05, 0) is 32.4 Å². The molecule has 1 fully saturated rings. The average molecular weight is 318 g/mol. The SMILES string of the molecule is CC1CN(C(=O)CCCn2c(=O)oc3ccccc32)CC(C)O1. The Morgan fingerprint density at radius 2 is 1.91 bits per heavy atom. The molecule has 2 unspecified atom stereocenters. The summed E-state index contributed by atoms with van der Waals surface area (Å²) in [6.45, 7) is 5.72. The minimum atomic E-state index is -0.368. The number of aryl methyl sites for hydroxylation is 1. The number of rotatable bonds is 4. The number of morpholine rings is 1. The largest absolute Gasteiger partial charge is 0.419 e. The van der Waals surface area contributed by atoms with Crippen molar-refractivity contribution in [1.29, 1.82) is 0 Å². The first kappa shape index (κ1) is 15.8. The molecule has 0 spiro atoms. The molecular weight excluding hydrogens is 296 g/mol. The maximum absolute atomic E-state index is 12.3. The van der Waals surface area contributed by atoms with Crippen LogP contribution in [0.5, 0.6) is 0 Å². The maximum Gasteiger partial charge on any atom is 0.419 e. The fourth-order valence-electron chi connectivity index (χ4n) is 3.15. The van der Waals surface area contributed by atoms with Gasteiger partial charge in [0.15, 0.2) is 5.58 Å². The number of para-hydroxylation sites is 2. The van der Waals surface area contributed by atoms with Crippen LogP contribution in [0.1, 0.15) is 26.7 Å². The molecule has 1 aromatic heterocycles. The predicted octanol–water partition coefficient (Wildman–Crippen LogP) is 2.01. The lowest BCUT2D eigenvalue weighted by molar-refractivity contribution is -0.143. The van der Waals surface area contributed by atoms with Crippen molar-refractivity contribution in [2.75, 3.05) is 13.1 Å². The van der Waals surface area contributed by atoms with E-state index in [9.17, 15) is 9.59 Å². The molecule has 0 bridgehead atoms. The summed E-state index contributed by atoms with van der Waals surface area (Å²) in [5.41, 5.74) is 1.36. The summed E-state index contributed by atoms with van der Waals surface area (Å²) < 4.78 is 12.4. The standard InChI is InChI=1S/C17H22N2O4/c1-12-10-18(11-13(2)22-12)16(20)8-5-9-19-14-6-3-4-7-15(14)23-17(19)21/h3-4,6-7,12-13H,5,8-11H2,1-2H3. The van der Waals surface area contributed by atoms with Gasteiger partial charge in [0.05, 0.1) is 17.7 Å². The predicted molar refractivity (Wildman–Crippen MR) is 86.3 cm³/mol. The molecule has 1 aromatic carbocycles. The van der Waals surface area contributed by atoms with E-state index >= 15 is 0 Å². The topological polar surface area (TPSA) is 64.7 Å². The van der Waals surface area contributed by atoms with Gasteiger partial charge in [-0.25, -0.2) is 4.79 Å². The molecule has 1 amide bonds. The van der Waals surface area contributed by atoms with Crippen molar-refractivity contribution >= 4 is 17.0 Å². The molecule has 23 heavy (non-hydrogen) atoms. The van der Waals surface area contributed by atoms with Crippen LogP contribution in [0, 0.1) is 0 Å². The van der Waals surface area contributed by atoms with Gasteiger partial charge in [0.25, 0.3) is 0 Å². The van der Waals surface area contributed by atoms with E-state index in [4.69, 9.17) is 9.15 Å². The van der Waals surface area contributed by atoms with Gasteiger partial charge in [0.2, 0.25) is 5.91 Å². The van der Waals surface area contributed by atoms with Crippen LogP contribution in [0.4, 0.5) is 0 Å². The first-order valence-electron chi connectivity index (χ1n) is 8.06. The highest BCUT2D eigenvalue weighted by Crippen LogP contribution is 2.14. The number of nitrogens with zero attached hydrogens (tertiary/aromatic N) is 2. The summed E-state index contributed by atoms with van der Waals surface area (Å²) in [5, 5.41) is 0. The second-order valence-electron chi connectivity index (χ2n) is 6.15. The number of amides is 1. The van der Waals surface area contributed by atoms with Crippen LogP contribution in [-0.2, 0) is 16.1 Å². The number of ether oxygens (including phenoxy) is 1. The van der Waals surface area contributed by atoms with Gasteiger partial charge in [-0.3, -0.25) is 9.36 Å². The zero-order valence-electron chi connectivity index (χ0n) is 13.5. The van der Waals surface area contributed by atoms with E-state index in [1.165, 1.54) is 0 Å². The van der Waals surface area contributed by atoms with E-state index in [1.54, 1.807) is 10.6 Å². The summed E-state index contributed by atoms with van der Waals surface area (Å²) in [7, 11) is 0. The van der Waals surface area contributed by atoms with E-state index in [0.29, 0.717) is 38.1 Å². The number of hydrogen-bond donors (Lipinski definition) is 0. The zero-order valence-corrected chi connectivity index (χ0v) is 13.5. The Labute approximate surface area is 134 Å². The lowest BCUT2D eigenvalue weighted by Crippen LogP contribution is -2.48. The molecule has 2 heterocycles. The lowest BCUT2D eigenvalue weighted by atomic mass is 10.2. The monoisotopic (exact) mass is 318 g/mol. The van der Waals surface area contributed by atoms with Crippen molar-refractivity contribution in [2.24, 2.45) is 0 Å². The normalized spacial score (nSPS) is 21.7. The third kappa shape index (κ3) is 3.47. The molecule has 0 N–H and O–H groups in total. The van der Waals surface area contributed by atoms with Crippen molar-refractivity contribution in [3.05, 3.63) is 34.8 Å². The molecule has 124 valence electrons. The van der Waals surface area contributed by atoms with Crippen LogP contribution in [0.15, 0.2) is 33.5 Å². The quantitative estimate of drug-likeness (QED) is 0.865. The van der Waals surface area contributed by atoms with E-state index in [1.807, 2.05) is 36.9 Å². The third-order valence-electron chi connectivity index (χ3n) is 4.12.